The molecule has 2 aliphatic rings. The highest BCUT2D eigenvalue weighted by Gasteiger charge is 2.57. The summed E-state index contributed by atoms with van der Waals surface area (Å²) in [5.41, 5.74) is 0.225. The van der Waals surface area contributed by atoms with Crippen molar-refractivity contribution < 1.29 is 29.7 Å². The van der Waals surface area contributed by atoms with Gasteiger partial charge in [0.1, 0.15) is 11.6 Å². The zero-order chi connectivity index (χ0) is 19.1. The topological polar surface area (TPSA) is 124 Å². The first-order chi connectivity index (χ1) is 13.0. The van der Waals surface area contributed by atoms with Crippen LogP contribution in [0.5, 0.6) is 0 Å². The minimum atomic E-state index is -1.23. The van der Waals surface area contributed by atoms with Crippen LogP contribution < -0.4 is 10.1 Å². The van der Waals surface area contributed by atoms with Crippen LogP contribution in [0.15, 0.2) is 59.8 Å². The first-order valence-corrected chi connectivity index (χ1v) is 8.03. The van der Waals surface area contributed by atoms with Crippen LogP contribution in [-0.2, 0) is 14.4 Å². The largest absolute Gasteiger partial charge is 0.595 e. The molecule has 0 spiro atoms. The van der Waals surface area contributed by atoms with Gasteiger partial charge in [0.05, 0.1) is 5.69 Å². The summed E-state index contributed by atoms with van der Waals surface area (Å²) in [6, 6.07) is 13.7. The number of oxime groups is 1. The van der Waals surface area contributed by atoms with E-state index in [1.807, 2.05) is 0 Å². The number of rotatable bonds is 4. The highest BCUT2D eigenvalue weighted by Crippen LogP contribution is 2.34. The van der Waals surface area contributed by atoms with Crippen LogP contribution in [0.3, 0.4) is 0 Å². The van der Waals surface area contributed by atoms with E-state index in [0.29, 0.717) is 5.56 Å². The Hall–Kier alpha value is -3.40. The van der Waals surface area contributed by atoms with E-state index < -0.39 is 34.8 Å². The summed E-state index contributed by atoms with van der Waals surface area (Å²) in [5, 5.41) is 22.7. The number of hydrogen-bond acceptors (Lipinski definition) is 7. The van der Waals surface area contributed by atoms with Crippen molar-refractivity contribution in [1.29, 1.82) is 0 Å². The number of Topliss-reactive ketones (excluding diaryl/α,β-unsaturated/α-hetero) is 1. The van der Waals surface area contributed by atoms with Crippen molar-refractivity contribution in [3.05, 3.63) is 65.4 Å². The number of fused-ring (bicyclic) bond motifs is 1. The van der Waals surface area contributed by atoms with Crippen LogP contribution in [-0.4, -0.2) is 34.6 Å². The third kappa shape index (κ3) is 2.70. The van der Waals surface area contributed by atoms with Crippen LogP contribution >= 0.6 is 0 Å². The van der Waals surface area contributed by atoms with Crippen LogP contribution in [0, 0.1) is 11.1 Å². The second-order valence-corrected chi connectivity index (χ2v) is 6.04. The smallest absolute Gasteiger partial charge is 0.278 e. The SMILES string of the molecule is O=C(C1=NOC2C(=O)N(c3cccc([NH+]([O-])O)c3)C(=O)C12)c1ccccc1. The summed E-state index contributed by atoms with van der Waals surface area (Å²) in [6.45, 7) is 0. The maximum absolute atomic E-state index is 12.9. The highest BCUT2D eigenvalue weighted by atomic mass is 16.8. The fourth-order valence-electron chi connectivity index (χ4n) is 3.14. The minimum Gasteiger partial charge on any atom is -0.595 e. The summed E-state index contributed by atoms with van der Waals surface area (Å²) in [7, 11) is 0. The molecule has 136 valence electrons. The van der Waals surface area contributed by atoms with Crippen molar-refractivity contribution in [2.24, 2.45) is 11.1 Å². The maximum atomic E-state index is 12.9. The number of carbonyl (C=O) groups is 3. The molecule has 0 aromatic heterocycles. The van der Waals surface area contributed by atoms with E-state index in [-0.39, 0.29) is 17.1 Å². The second kappa shape index (κ2) is 6.40. The zero-order valence-corrected chi connectivity index (χ0v) is 13.7. The quantitative estimate of drug-likeness (QED) is 0.453. The first-order valence-electron chi connectivity index (χ1n) is 8.03. The molecule has 3 unspecified atom stereocenters. The Bertz CT molecular complexity index is 972. The van der Waals surface area contributed by atoms with Gasteiger partial charge in [0.15, 0.2) is 5.69 Å². The van der Waals surface area contributed by atoms with Gasteiger partial charge < -0.3 is 10.0 Å². The lowest BCUT2D eigenvalue weighted by Crippen LogP contribution is -2.99. The molecule has 2 N–H and O–H groups in total. The molecule has 9 nitrogen and oxygen atoms in total. The molecule has 0 saturated carbocycles. The Morgan fingerprint density at radius 3 is 2.56 bits per heavy atom. The fourth-order valence-corrected chi connectivity index (χ4v) is 3.14. The van der Waals surface area contributed by atoms with Gasteiger partial charge in [0, 0.05) is 17.7 Å². The molecule has 3 atom stereocenters. The Morgan fingerprint density at radius 1 is 1.11 bits per heavy atom. The van der Waals surface area contributed by atoms with Gasteiger partial charge in [-0.1, -0.05) is 41.6 Å². The molecule has 2 amide bonds. The first kappa shape index (κ1) is 17.0. The van der Waals surface area contributed by atoms with Crippen molar-refractivity contribution in [1.82, 2.24) is 0 Å². The summed E-state index contributed by atoms with van der Waals surface area (Å²) in [5.74, 6) is -3.01. The number of nitrogens with zero attached hydrogens (tertiary/aromatic N) is 2. The van der Waals surface area contributed by atoms with Gasteiger partial charge in [-0.2, -0.15) is 5.23 Å². The lowest BCUT2D eigenvalue weighted by atomic mass is 9.93. The van der Waals surface area contributed by atoms with Gasteiger partial charge in [-0.25, -0.2) is 10.1 Å². The lowest BCUT2D eigenvalue weighted by Gasteiger charge is -2.17. The molecule has 27 heavy (non-hydrogen) atoms. The van der Waals surface area contributed by atoms with E-state index in [1.165, 1.54) is 24.3 Å². The number of amides is 2. The third-order valence-electron chi connectivity index (χ3n) is 4.43. The normalized spacial score (nSPS) is 22.3. The Kier molecular flexibility index (Phi) is 4.04. The molecule has 1 fully saturated rings. The van der Waals surface area contributed by atoms with Crippen LogP contribution in [0.2, 0.25) is 0 Å². The molecule has 4 rings (SSSR count). The number of imide groups is 1. The minimum absolute atomic E-state index is 0.0691. The van der Waals surface area contributed by atoms with E-state index >= 15 is 0 Å². The standard InChI is InChI=1S/C18H13N3O6/c22-15(10-5-2-1-3-6-10)14-13-16(27-19-14)18(24)20(17(13)23)11-7-4-8-12(9-11)21(25)26/h1-9,13,16,21,25H. The second-order valence-electron chi connectivity index (χ2n) is 6.04. The van der Waals surface area contributed by atoms with E-state index in [1.54, 1.807) is 30.3 Å². The number of hydrogen-bond donors (Lipinski definition) is 2. The average molecular weight is 367 g/mol. The summed E-state index contributed by atoms with van der Waals surface area (Å²) in [6.07, 6.45) is -1.23. The zero-order valence-electron chi connectivity index (χ0n) is 13.7. The number of nitrogens with one attached hydrogen (secondary N) is 1. The van der Waals surface area contributed by atoms with Gasteiger partial charge >= 0.3 is 0 Å². The van der Waals surface area contributed by atoms with E-state index in [0.717, 1.165) is 4.90 Å². The lowest BCUT2D eigenvalue weighted by molar-refractivity contribution is -0.991. The third-order valence-corrected chi connectivity index (χ3v) is 4.43. The summed E-state index contributed by atoms with van der Waals surface area (Å²) < 4.78 is 0. The van der Waals surface area contributed by atoms with Crippen molar-refractivity contribution in [2.45, 2.75) is 6.10 Å². The molecule has 2 aromatic rings. The van der Waals surface area contributed by atoms with Crippen LogP contribution in [0.4, 0.5) is 11.4 Å². The molecular formula is C18H13N3O6. The Morgan fingerprint density at radius 2 is 1.85 bits per heavy atom. The number of ketones is 1. The van der Waals surface area contributed by atoms with Crippen molar-refractivity contribution in [3.63, 3.8) is 0 Å². The molecule has 0 radical (unpaired) electrons. The monoisotopic (exact) mass is 367 g/mol. The molecule has 0 aliphatic carbocycles. The van der Waals surface area contributed by atoms with Gasteiger partial charge in [-0.3, -0.25) is 14.4 Å². The maximum Gasteiger partial charge on any atom is 0.278 e. The van der Waals surface area contributed by atoms with Gasteiger partial charge in [-0.15, -0.1) is 0 Å². The molecule has 2 aromatic carbocycles. The van der Waals surface area contributed by atoms with Gasteiger partial charge in [0.25, 0.3) is 5.91 Å². The van der Waals surface area contributed by atoms with Crippen LogP contribution in [0.1, 0.15) is 10.4 Å². The summed E-state index contributed by atoms with van der Waals surface area (Å²) in [4.78, 5) is 44.1. The Labute approximate surface area is 152 Å². The fraction of sp³-hybridized carbons (Fsp3) is 0.111. The van der Waals surface area contributed by atoms with Crippen molar-refractivity contribution >= 4 is 34.7 Å². The molecule has 2 heterocycles. The Balaban J connectivity index is 1.67. The van der Waals surface area contributed by atoms with E-state index in [4.69, 9.17) is 10.0 Å². The molecular weight excluding hydrogens is 354 g/mol. The predicted octanol–water partition coefficient (Wildman–Crippen LogP) is 0.217. The summed E-state index contributed by atoms with van der Waals surface area (Å²) >= 11 is 0. The molecule has 0 bridgehead atoms. The molecule has 9 heteroatoms. The predicted molar refractivity (Wildman–Crippen MR) is 91.3 cm³/mol. The van der Waals surface area contributed by atoms with Crippen molar-refractivity contribution in [3.8, 4) is 0 Å². The average Bonchev–Trinajstić information content (AvgIpc) is 3.22. The van der Waals surface area contributed by atoms with E-state index in [2.05, 4.69) is 5.16 Å². The van der Waals surface area contributed by atoms with Crippen molar-refractivity contribution in [2.75, 3.05) is 4.90 Å². The molecule has 2 aliphatic heterocycles. The molecule has 1 saturated heterocycles. The number of anilines is 1. The number of quaternary nitrogens is 1. The van der Waals surface area contributed by atoms with Crippen LogP contribution in [0.25, 0.3) is 0 Å². The highest BCUT2D eigenvalue weighted by molar-refractivity contribution is 6.52. The number of benzene rings is 2. The van der Waals surface area contributed by atoms with E-state index in [9.17, 15) is 19.6 Å². The number of carbonyl (C=O) groups excluding carboxylic acids is 3. The van der Waals surface area contributed by atoms with Gasteiger partial charge in [-0.05, 0) is 6.07 Å². The van der Waals surface area contributed by atoms with Gasteiger partial charge in [0.2, 0.25) is 17.8 Å².